The Hall–Kier alpha value is -2.81. The second kappa shape index (κ2) is 15.0. The molecule has 3 amide bonds. The summed E-state index contributed by atoms with van der Waals surface area (Å²) in [5, 5.41) is 10.2. The quantitative estimate of drug-likeness (QED) is 0.530. The molecule has 3 rings (SSSR count). The van der Waals surface area contributed by atoms with Gasteiger partial charge in [0, 0.05) is 36.6 Å². The second-order valence-corrected chi connectivity index (χ2v) is 10.3. The number of benzene rings is 2. The molecule has 0 spiro atoms. The van der Waals surface area contributed by atoms with E-state index in [0.717, 1.165) is 17.5 Å². The highest BCUT2D eigenvalue weighted by molar-refractivity contribution is 6.30. The van der Waals surface area contributed by atoms with E-state index in [2.05, 4.69) is 16.0 Å². The van der Waals surface area contributed by atoms with Gasteiger partial charge in [-0.3, -0.25) is 14.4 Å². The highest BCUT2D eigenvalue weighted by Gasteiger charge is 2.26. The molecule has 1 aliphatic rings. The third-order valence-electron chi connectivity index (χ3n) is 6.34. The molecule has 0 aromatic heterocycles. The van der Waals surface area contributed by atoms with Crippen LogP contribution in [0.15, 0.2) is 42.5 Å². The number of likely N-dealkylation sites (N-methyl/N-ethyl adjacent to an activating group) is 1. The lowest BCUT2D eigenvalue weighted by molar-refractivity contribution is -0.137. The number of halogens is 2. The molecule has 206 valence electrons. The van der Waals surface area contributed by atoms with Crippen molar-refractivity contribution in [2.75, 3.05) is 33.3 Å². The molecule has 0 saturated carbocycles. The van der Waals surface area contributed by atoms with E-state index in [4.69, 9.17) is 27.9 Å². The maximum atomic E-state index is 13.1. The van der Waals surface area contributed by atoms with Crippen molar-refractivity contribution in [1.29, 1.82) is 0 Å². The van der Waals surface area contributed by atoms with Crippen molar-refractivity contribution in [3.63, 3.8) is 0 Å². The molecule has 1 aliphatic heterocycles. The van der Waals surface area contributed by atoms with Crippen molar-refractivity contribution in [2.45, 2.75) is 51.1 Å². The molecule has 2 aromatic carbocycles. The van der Waals surface area contributed by atoms with Gasteiger partial charge >= 0.3 is 0 Å². The number of carbonyl (C=O) groups is 3. The van der Waals surface area contributed by atoms with Crippen molar-refractivity contribution in [1.82, 2.24) is 20.9 Å². The summed E-state index contributed by atoms with van der Waals surface area (Å²) in [6.45, 7) is 3.08. The Labute approximate surface area is 234 Å². The van der Waals surface area contributed by atoms with Gasteiger partial charge in [0.1, 0.15) is 18.4 Å². The molecular formula is C28H36Cl2N4O4. The number of rotatable bonds is 4. The first-order valence-corrected chi connectivity index (χ1v) is 13.7. The van der Waals surface area contributed by atoms with E-state index in [-0.39, 0.29) is 18.4 Å². The SMILES string of the molecule is CCC[C@@H]1NCCOc2cc(Cl)ccc2CCCNC(=O)[C@@H](Cc2ccc(Cl)cc2)NC(=O)CN(C)C1=O. The van der Waals surface area contributed by atoms with Gasteiger partial charge in [-0.2, -0.15) is 0 Å². The Balaban J connectivity index is 1.80. The number of nitrogens with zero attached hydrogens (tertiary/aromatic N) is 1. The third-order valence-corrected chi connectivity index (χ3v) is 6.83. The van der Waals surface area contributed by atoms with Crippen LogP contribution < -0.4 is 20.7 Å². The molecule has 8 nitrogen and oxygen atoms in total. The van der Waals surface area contributed by atoms with Gasteiger partial charge in [-0.25, -0.2) is 0 Å². The van der Waals surface area contributed by atoms with E-state index < -0.39 is 18.0 Å². The zero-order chi connectivity index (χ0) is 27.5. The summed E-state index contributed by atoms with van der Waals surface area (Å²) in [6, 6.07) is 11.4. The molecule has 38 heavy (non-hydrogen) atoms. The standard InChI is InChI=1S/C28H36Cl2N4O4/c1-3-5-23-28(37)34(2)18-26(35)33-24(16-19-7-10-21(29)11-8-19)27(36)32-13-4-6-20-9-12-22(30)17-25(20)38-15-14-31-23/h7-12,17,23-24,31H,3-6,13-16,18H2,1-2H3,(H,32,36)(H,33,35)/t23-,24+/m0/s1. The molecule has 0 aliphatic carbocycles. The van der Waals surface area contributed by atoms with Crippen molar-refractivity contribution < 1.29 is 19.1 Å². The van der Waals surface area contributed by atoms with Gasteiger partial charge < -0.3 is 25.6 Å². The lowest BCUT2D eigenvalue weighted by Crippen LogP contribution is -2.53. The summed E-state index contributed by atoms with van der Waals surface area (Å²) in [7, 11) is 1.59. The molecule has 1 heterocycles. The van der Waals surface area contributed by atoms with Crippen LogP contribution in [0.4, 0.5) is 0 Å². The van der Waals surface area contributed by atoms with Crippen LogP contribution in [0.25, 0.3) is 0 Å². The molecule has 10 heteroatoms. The summed E-state index contributed by atoms with van der Waals surface area (Å²) >= 11 is 12.2. The Morgan fingerprint density at radius 1 is 1.00 bits per heavy atom. The fraction of sp³-hybridized carbons (Fsp3) is 0.464. The smallest absolute Gasteiger partial charge is 0.242 e. The van der Waals surface area contributed by atoms with Crippen LogP contribution in [0, 0.1) is 0 Å². The topological polar surface area (TPSA) is 99.8 Å². The zero-order valence-corrected chi connectivity index (χ0v) is 23.4. The molecule has 0 radical (unpaired) electrons. The van der Waals surface area contributed by atoms with E-state index in [0.29, 0.717) is 61.2 Å². The van der Waals surface area contributed by atoms with Crippen LogP contribution in [0.2, 0.25) is 10.0 Å². The lowest BCUT2D eigenvalue weighted by atomic mass is 10.0. The molecule has 0 fully saturated rings. The molecule has 2 aromatic rings. The van der Waals surface area contributed by atoms with Crippen LogP contribution in [0.5, 0.6) is 5.75 Å². The Kier molecular flexibility index (Phi) is 11.7. The third kappa shape index (κ3) is 9.19. The predicted molar refractivity (Wildman–Crippen MR) is 150 cm³/mol. The van der Waals surface area contributed by atoms with Gasteiger partial charge in [-0.05, 0) is 54.7 Å². The maximum absolute atomic E-state index is 13.1. The monoisotopic (exact) mass is 562 g/mol. The van der Waals surface area contributed by atoms with Crippen LogP contribution in [-0.2, 0) is 27.2 Å². The van der Waals surface area contributed by atoms with Crippen molar-refractivity contribution in [2.24, 2.45) is 0 Å². The van der Waals surface area contributed by atoms with Crippen LogP contribution >= 0.6 is 23.2 Å². The van der Waals surface area contributed by atoms with Crippen molar-refractivity contribution in [3.05, 3.63) is 63.6 Å². The first-order chi connectivity index (χ1) is 18.3. The van der Waals surface area contributed by atoms with Gasteiger partial charge in [-0.15, -0.1) is 0 Å². The van der Waals surface area contributed by atoms with Crippen molar-refractivity contribution >= 4 is 40.9 Å². The minimum atomic E-state index is -0.801. The summed E-state index contributed by atoms with van der Waals surface area (Å²) in [4.78, 5) is 40.5. The number of aryl methyl sites for hydroxylation is 1. The van der Waals surface area contributed by atoms with E-state index in [1.54, 1.807) is 25.2 Å². The minimum Gasteiger partial charge on any atom is -0.492 e. The molecule has 2 atom stereocenters. The predicted octanol–water partition coefficient (Wildman–Crippen LogP) is 3.38. The number of nitrogens with one attached hydrogen (secondary N) is 3. The van der Waals surface area contributed by atoms with Crippen LogP contribution in [-0.4, -0.2) is 68.0 Å². The Bertz CT molecular complexity index is 1100. The second-order valence-electron chi connectivity index (χ2n) is 9.44. The molecule has 0 saturated heterocycles. The fourth-order valence-corrected chi connectivity index (χ4v) is 4.63. The van der Waals surface area contributed by atoms with Crippen molar-refractivity contribution in [3.8, 4) is 5.75 Å². The number of amides is 3. The van der Waals surface area contributed by atoms with E-state index in [1.165, 1.54) is 4.90 Å². The normalized spacial score (nSPS) is 20.4. The Morgan fingerprint density at radius 3 is 2.47 bits per heavy atom. The lowest BCUT2D eigenvalue weighted by Gasteiger charge is -2.26. The zero-order valence-electron chi connectivity index (χ0n) is 21.9. The van der Waals surface area contributed by atoms with Gasteiger partial charge in [0.05, 0.1) is 12.6 Å². The number of hydrogen-bond donors (Lipinski definition) is 3. The maximum Gasteiger partial charge on any atom is 0.242 e. The van der Waals surface area contributed by atoms with Gasteiger partial charge in [0.2, 0.25) is 17.7 Å². The van der Waals surface area contributed by atoms with Gasteiger partial charge in [-0.1, -0.05) is 54.7 Å². The first kappa shape index (κ1) is 29.7. The van der Waals surface area contributed by atoms with Crippen LogP contribution in [0.3, 0.4) is 0 Å². The first-order valence-electron chi connectivity index (χ1n) is 13.0. The van der Waals surface area contributed by atoms with E-state index in [9.17, 15) is 14.4 Å². The molecule has 0 bridgehead atoms. The van der Waals surface area contributed by atoms with Gasteiger partial charge in [0.25, 0.3) is 0 Å². The van der Waals surface area contributed by atoms with E-state index >= 15 is 0 Å². The highest BCUT2D eigenvalue weighted by Crippen LogP contribution is 2.24. The van der Waals surface area contributed by atoms with Gasteiger partial charge in [0.15, 0.2) is 0 Å². The summed E-state index contributed by atoms with van der Waals surface area (Å²) in [6.07, 6.45) is 3.07. The number of hydrogen-bond acceptors (Lipinski definition) is 5. The number of ether oxygens (including phenoxy) is 1. The van der Waals surface area contributed by atoms with Crippen LogP contribution in [0.1, 0.15) is 37.3 Å². The minimum absolute atomic E-state index is 0.159. The highest BCUT2D eigenvalue weighted by atomic mass is 35.5. The number of carbonyl (C=O) groups excluding carboxylic acids is 3. The molecule has 0 unspecified atom stereocenters. The summed E-state index contributed by atoms with van der Waals surface area (Å²) in [5.74, 6) is -0.192. The largest absolute Gasteiger partial charge is 0.492 e. The fourth-order valence-electron chi connectivity index (χ4n) is 4.34. The molecule has 3 N–H and O–H groups in total. The number of fused-ring (bicyclic) bond motifs is 1. The average Bonchev–Trinajstić information content (AvgIpc) is 2.89. The van der Waals surface area contributed by atoms with E-state index in [1.807, 2.05) is 31.2 Å². The summed E-state index contributed by atoms with van der Waals surface area (Å²) < 4.78 is 6.00. The molecular weight excluding hydrogens is 527 g/mol. The average molecular weight is 564 g/mol. The Morgan fingerprint density at radius 2 is 1.74 bits per heavy atom. The summed E-state index contributed by atoms with van der Waals surface area (Å²) in [5.41, 5.74) is 1.84.